The Bertz CT molecular complexity index is 793. The van der Waals surface area contributed by atoms with Gasteiger partial charge in [0, 0.05) is 19.1 Å². The number of fused-ring (bicyclic) bond motifs is 1. The quantitative estimate of drug-likeness (QED) is 0.917. The van der Waals surface area contributed by atoms with Crippen molar-refractivity contribution in [3.63, 3.8) is 0 Å². The van der Waals surface area contributed by atoms with Crippen LogP contribution in [0.3, 0.4) is 0 Å². The number of benzene rings is 2. The molecule has 2 aromatic rings. The summed E-state index contributed by atoms with van der Waals surface area (Å²) in [5, 5.41) is 0. The number of carbonyl (C=O) groups excluding carboxylic acids is 1. The molecule has 4 rings (SSSR count). The van der Waals surface area contributed by atoms with Crippen molar-refractivity contribution in [3.8, 4) is 5.75 Å². The molecule has 2 fully saturated rings. The van der Waals surface area contributed by atoms with Gasteiger partial charge < -0.3 is 15.4 Å². The molecule has 1 aliphatic carbocycles. The van der Waals surface area contributed by atoms with Crippen molar-refractivity contribution in [3.05, 3.63) is 65.5 Å². The van der Waals surface area contributed by atoms with Gasteiger partial charge in [0.25, 0.3) is 5.91 Å². The van der Waals surface area contributed by atoms with Crippen molar-refractivity contribution in [2.75, 3.05) is 13.1 Å². The summed E-state index contributed by atoms with van der Waals surface area (Å²) in [5.74, 6) is 1.24. The summed E-state index contributed by atoms with van der Waals surface area (Å²) in [7, 11) is 0. The zero-order chi connectivity index (χ0) is 18.1. The molecule has 1 aliphatic heterocycles. The molecule has 4 nitrogen and oxygen atoms in total. The highest BCUT2D eigenvalue weighted by Crippen LogP contribution is 2.38. The molecule has 3 atom stereocenters. The lowest BCUT2D eigenvalue weighted by Gasteiger charge is -2.20. The molecule has 0 radical (unpaired) electrons. The SMILES string of the molecule is NC1CCC2CN(C(=O)c3ccccc3OCc3ccc(F)cc3)CC12. The lowest BCUT2D eigenvalue weighted by atomic mass is 9.98. The highest BCUT2D eigenvalue weighted by atomic mass is 19.1. The van der Waals surface area contributed by atoms with Gasteiger partial charge >= 0.3 is 0 Å². The predicted octanol–water partition coefficient (Wildman–Crippen LogP) is 3.21. The number of rotatable bonds is 4. The number of para-hydroxylation sites is 1. The van der Waals surface area contributed by atoms with E-state index in [0.29, 0.717) is 29.8 Å². The number of hydrogen-bond acceptors (Lipinski definition) is 3. The molecule has 1 heterocycles. The van der Waals surface area contributed by atoms with E-state index in [1.165, 1.54) is 12.1 Å². The minimum atomic E-state index is -0.276. The van der Waals surface area contributed by atoms with E-state index >= 15 is 0 Å². The summed E-state index contributed by atoms with van der Waals surface area (Å²) in [6, 6.07) is 13.7. The topological polar surface area (TPSA) is 55.6 Å². The zero-order valence-corrected chi connectivity index (χ0v) is 14.6. The number of hydrogen-bond donors (Lipinski definition) is 1. The molecule has 5 heteroatoms. The standard InChI is InChI=1S/C21H23FN2O2/c22-16-8-5-14(6-9-16)13-26-20-4-2-1-3-17(20)21(25)24-11-15-7-10-19(23)18(15)12-24/h1-6,8-9,15,18-19H,7,10-13,23H2. The van der Waals surface area contributed by atoms with Crippen LogP contribution in [0.5, 0.6) is 5.75 Å². The van der Waals surface area contributed by atoms with Crippen LogP contribution in [0.4, 0.5) is 4.39 Å². The Balaban J connectivity index is 1.47. The molecule has 0 aromatic heterocycles. The molecule has 2 aliphatic rings. The summed E-state index contributed by atoms with van der Waals surface area (Å²) < 4.78 is 18.9. The second kappa shape index (κ2) is 7.08. The molecule has 1 saturated heterocycles. The minimum Gasteiger partial charge on any atom is -0.488 e. The van der Waals surface area contributed by atoms with E-state index in [1.807, 2.05) is 17.0 Å². The smallest absolute Gasteiger partial charge is 0.257 e. The van der Waals surface area contributed by atoms with Crippen LogP contribution >= 0.6 is 0 Å². The summed E-state index contributed by atoms with van der Waals surface area (Å²) in [4.78, 5) is 14.9. The van der Waals surface area contributed by atoms with Gasteiger partial charge in [-0.05, 0) is 54.5 Å². The van der Waals surface area contributed by atoms with Gasteiger partial charge in [0.05, 0.1) is 5.56 Å². The number of likely N-dealkylation sites (tertiary alicyclic amines) is 1. The Kier molecular flexibility index (Phi) is 4.64. The number of amides is 1. The third-order valence-electron chi connectivity index (χ3n) is 5.62. The minimum absolute atomic E-state index is 0.00121. The lowest BCUT2D eigenvalue weighted by Crippen LogP contribution is -2.33. The molecule has 3 unspecified atom stereocenters. The van der Waals surface area contributed by atoms with Crippen LogP contribution in [0.25, 0.3) is 0 Å². The first-order valence-corrected chi connectivity index (χ1v) is 9.13. The van der Waals surface area contributed by atoms with Gasteiger partial charge in [0.2, 0.25) is 0 Å². The average Bonchev–Trinajstić information content (AvgIpc) is 3.23. The van der Waals surface area contributed by atoms with Crippen molar-refractivity contribution in [1.82, 2.24) is 4.90 Å². The summed E-state index contributed by atoms with van der Waals surface area (Å²) >= 11 is 0. The van der Waals surface area contributed by atoms with E-state index in [4.69, 9.17) is 10.5 Å². The van der Waals surface area contributed by atoms with Crippen LogP contribution in [-0.2, 0) is 6.61 Å². The summed E-state index contributed by atoms with van der Waals surface area (Å²) in [6.45, 7) is 1.81. The van der Waals surface area contributed by atoms with Crippen LogP contribution in [0.2, 0.25) is 0 Å². The van der Waals surface area contributed by atoms with Crippen molar-refractivity contribution < 1.29 is 13.9 Å². The van der Waals surface area contributed by atoms with Crippen LogP contribution in [0.15, 0.2) is 48.5 Å². The van der Waals surface area contributed by atoms with Crippen molar-refractivity contribution >= 4 is 5.91 Å². The van der Waals surface area contributed by atoms with Gasteiger partial charge in [0.15, 0.2) is 0 Å². The number of ether oxygens (including phenoxy) is 1. The fourth-order valence-electron chi connectivity index (χ4n) is 4.15. The van der Waals surface area contributed by atoms with Gasteiger partial charge in [-0.1, -0.05) is 24.3 Å². The van der Waals surface area contributed by atoms with E-state index in [2.05, 4.69) is 0 Å². The van der Waals surface area contributed by atoms with Crippen LogP contribution in [-0.4, -0.2) is 29.9 Å². The Morgan fingerprint density at radius 1 is 1.12 bits per heavy atom. The van der Waals surface area contributed by atoms with E-state index in [-0.39, 0.29) is 17.8 Å². The molecule has 0 bridgehead atoms. The van der Waals surface area contributed by atoms with Crippen molar-refractivity contribution in [2.45, 2.75) is 25.5 Å². The Morgan fingerprint density at radius 3 is 2.65 bits per heavy atom. The van der Waals surface area contributed by atoms with Crippen LogP contribution in [0.1, 0.15) is 28.8 Å². The first-order chi connectivity index (χ1) is 12.6. The van der Waals surface area contributed by atoms with Crippen molar-refractivity contribution in [2.24, 2.45) is 17.6 Å². The highest BCUT2D eigenvalue weighted by Gasteiger charge is 2.42. The number of nitrogens with zero attached hydrogens (tertiary/aromatic N) is 1. The van der Waals surface area contributed by atoms with E-state index in [1.54, 1.807) is 24.3 Å². The number of carbonyl (C=O) groups is 1. The van der Waals surface area contributed by atoms with Gasteiger partial charge in [-0.25, -0.2) is 4.39 Å². The largest absolute Gasteiger partial charge is 0.488 e. The van der Waals surface area contributed by atoms with Crippen LogP contribution < -0.4 is 10.5 Å². The van der Waals surface area contributed by atoms with E-state index < -0.39 is 0 Å². The summed E-state index contributed by atoms with van der Waals surface area (Å²) in [6.07, 6.45) is 2.17. The normalized spacial score (nSPS) is 24.5. The monoisotopic (exact) mass is 354 g/mol. The zero-order valence-electron chi connectivity index (χ0n) is 14.6. The predicted molar refractivity (Wildman–Crippen MR) is 97.3 cm³/mol. The average molecular weight is 354 g/mol. The fourth-order valence-corrected chi connectivity index (χ4v) is 4.15. The van der Waals surface area contributed by atoms with Gasteiger partial charge in [-0.2, -0.15) is 0 Å². The maximum atomic E-state index is 13.0. The molecule has 26 heavy (non-hydrogen) atoms. The molecule has 136 valence electrons. The molecule has 2 N–H and O–H groups in total. The third-order valence-corrected chi connectivity index (χ3v) is 5.62. The fraction of sp³-hybridized carbons (Fsp3) is 0.381. The lowest BCUT2D eigenvalue weighted by molar-refractivity contribution is 0.0774. The highest BCUT2D eigenvalue weighted by molar-refractivity contribution is 5.97. The number of nitrogens with two attached hydrogens (primary N) is 1. The first-order valence-electron chi connectivity index (χ1n) is 9.13. The second-order valence-electron chi connectivity index (χ2n) is 7.29. The first kappa shape index (κ1) is 17.0. The third kappa shape index (κ3) is 3.31. The Hall–Kier alpha value is -2.40. The molecular formula is C21H23FN2O2. The molecule has 0 spiro atoms. The summed E-state index contributed by atoms with van der Waals surface area (Å²) in [5.41, 5.74) is 7.61. The molecular weight excluding hydrogens is 331 g/mol. The van der Waals surface area contributed by atoms with E-state index in [9.17, 15) is 9.18 Å². The molecule has 2 aromatic carbocycles. The van der Waals surface area contributed by atoms with Gasteiger partial charge in [-0.15, -0.1) is 0 Å². The second-order valence-corrected chi connectivity index (χ2v) is 7.29. The number of halogens is 1. The van der Waals surface area contributed by atoms with E-state index in [0.717, 1.165) is 31.5 Å². The van der Waals surface area contributed by atoms with Crippen LogP contribution in [0, 0.1) is 17.7 Å². The molecule has 1 amide bonds. The maximum absolute atomic E-state index is 13.0. The Morgan fingerprint density at radius 2 is 1.88 bits per heavy atom. The van der Waals surface area contributed by atoms with Crippen molar-refractivity contribution in [1.29, 1.82) is 0 Å². The van der Waals surface area contributed by atoms with Gasteiger partial charge in [0.1, 0.15) is 18.2 Å². The molecule has 1 saturated carbocycles. The van der Waals surface area contributed by atoms with Gasteiger partial charge in [-0.3, -0.25) is 4.79 Å². The maximum Gasteiger partial charge on any atom is 0.257 e. The Labute approximate surface area is 152 Å².